The fourth-order valence-corrected chi connectivity index (χ4v) is 2.50. The summed E-state index contributed by atoms with van der Waals surface area (Å²) >= 11 is 0. The standard InChI is InChI=1S/C16H23N3O2/c1-4-11(2)15-16(21)19(8-6-14(20)18-15)10-13-9-17-7-5-12(13)3/h5,7,9,11,15H,4,6,8,10H2,1-3H3,(H,18,20). The number of aryl methyl sites for hydroxylation is 1. The van der Waals surface area contributed by atoms with E-state index < -0.39 is 6.04 Å². The van der Waals surface area contributed by atoms with Crippen LogP contribution in [-0.4, -0.2) is 34.3 Å². The molecule has 1 aromatic heterocycles. The first kappa shape index (κ1) is 15.5. The van der Waals surface area contributed by atoms with Gasteiger partial charge >= 0.3 is 0 Å². The number of carbonyl (C=O) groups excluding carboxylic acids is 2. The molecule has 1 saturated heterocycles. The average Bonchev–Trinajstić information content (AvgIpc) is 2.62. The number of hydrogen-bond acceptors (Lipinski definition) is 3. The Morgan fingerprint density at radius 3 is 2.90 bits per heavy atom. The van der Waals surface area contributed by atoms with E-state index in [1.165, 1.54) is 0 Å². The first-order valence-corrected chi connectivity index (χ1v) is 7.50. The van der Waals surface area contributed by atoms with Crippen LogP contribution in [-0.2, 0) is 16.1 Å². The van der Waals surface area contributed by atoms with E-state index in [4.69, 9.17) is 0 Å². The summed E-state index contributed by atoms with van der Waals surface area (Å²) in [6.07, 6.45) is 4.76. The van der Waals surface area contributed by atoms with Gasteiger partial charge in [-0.15, -0.1) is 0 Å². The molecule has 1 fully saturated rings. The summed E-state index contributed by atoms with van der Waals surface area (Å²) in [7, 11) is 0. The van der Waals surface area contributed by atoms with Gasteiger partial charge in [0, 0.05) is 31.9 Å². The molecule has 1 aliphatic rings. The maximum absolute atomic E-state index is 12.7. The number of nitrogens with one attached hydrogen (secondary N) is 1. The van der Waals surface area contributed by atoms with Crippen molar-refractivity contribution in [2.45, 2.75) is 46.2 Å². The molecular weight excluding hydrogens is 266 g/mol. The van der Waals surface area contributed by atoms with Crippen LogP contribution in [0.15, 0.2) is 18.5 Å². The van der Waals surface area contributed by atoms with E-state index in [1.807, 2.05) is 26.8 Å². The lowest BCUT2D eigenvalue weighted by molar-refractivity contribution is -0.135. The van der Waals surface area contributed by atoms with Crippen molar-refractivity contribution in [1.82, 2.24) is 15.2 Å². The fourth-order valence-electron chi connectivity index (χ4n) is 2.50. The first-order valence-electron chi connectivity index (χ1n) is 7.50. The molecule has 0 bridgehead atoms. The van der Waals surface area contributed by atoms with Crippen molar-refractivity contribution in [1.29, 1.82) is 0 Å². The number of aromatic nitrogens is 1. The SMILES string of the molecule is CCC(C)C1NC(=O)CCN(Cc2cnccc2C)C1=O. The molecule has 2 unspecified atom stereocenters. The number of carbonyl (C=O) groups is 2. The van der Waals surface area contributed by atoms with Gasteiger partial charge < -0.3 is 10.2 Å². The zero-order chi connectivity index (χ0) is 15.4. The molecule has 5 nitrogen and oxygen atoms in total. The minimum atomic E-state index is -0.415. The maximum atomic E-state index is 12.7. The molecule has 1 aromatic rings. The lowest BCUT2D eigenvalue weighted by Crippen LogP contribution is -2.48. The van der Waals surface area contributed by atoms with Crippen LogP contribution >= 0.6 is 0 Å². The van der Waals surface area contributed by atoms with Crippen LogP contribution in [0.2, 0.25) is 0 Å². The molecule has 2 amide bonds. The van der Waals surface area contributed by atoms with E-state index in [0.717, 1.165) is 17.5 Å². The zero-order valence-electron chi connectivity index (χ0n) is 12.9. The summed E-state index contributed by atoms with van der Waals surface area (Å²) in [4.78, 5) is 30.4. The number of rotatable bonds is 4. The molecule has 0 aliphatic carbocycles. The van der Waals surface area contributed by atoms with Gasteiger partial charge in [0.1, 0.15) is 6.04 Å². The lowest BCUT2D eigenvalue weighted by Gasteiger charge is -2.27. The second-order valence-corrected chi connectivity index (χ2v) is 5.74. The van der Waals surface area contributed by atoms with E-state index >= 15 is 0 Å². The Labute approximate surface area is 125 Å². The highest BCUT2D eigenvalue weighted by molar-refractivity contribution is 5.90. The molecule has 2 heterocycles. The number of nitrogens with zero attached hydrogens (tertiary/aromatic N) is 2. The van der Waals surface area contributed by atoms with Gasteiger partial charge in [0.25, 0.3) is 0 Å². The van der Waals surface area contributed by atoms with Crippen LogP contribution in [0.5, 0.6) is 0 Å². The molecule has 5 heteroatoms. The van der Waals surface area contributed by atoms with E-state index in [-0.39, 0.29) is 17.7 Å². The fraction of sp³-hybridized carbons (Fsp3) is 0.562. The van der Waals surface area contributed by atoms with Crippen LogP contribution in [0.1, 0.15) is 37.8 Å². The summed E-state index contributed by atoms with van der Waals surface area (Å²) in [5.41, 5.74) is 2.14. The predicted octanol–water partition coefficient (Wildman–Crippen LogP) is 1.65. The van der Waals surface area contributed by atoms with Crippen LogP contribution in [0.25, 0.3) is 0 Å². The summed E-state index contributed by atoms with van der Waals surface area (Å²) in [5.74, 6) is 0.106. The third kappa shape index (κ3) is 3.60. The third-order valence-corrected chi connectivity index (χ3v) is 4.22. The Morgan fingerprint density at radius 1 is 1.48 bits per heavy atom. The Bertz CT molecular complexity index is 530. The highest BCUT2D eigenvalue weighted by atomic mass is 16.2. The molecule has 2 rings (SSSR count). The van der Waals surface area contributed by atoms with Gasteiger partial charge in [-0.2, -0.15) is 0 Å². The summed E-state index contributed by atoms with van der Waals surface area (Å²) < 4.78 is 0. The highest BCUT2D eigenvalue weighted by Gasteiger charge is 2.32. The Balaban J connectivity index is 2.20. The molecule has 2 atom stereocenters. The molecule has 21 heavy (non-hydrogen) atoms. The normalized spacial score (nSPS) is 20.9. The summed E-state index contributed by atoms with van der Waals surface area (Å²) in [6, 6.07) is 1.52. The molecule has 0 saturated carbocycles. The topological polar surface area (TPSA) is 62.3 Å². The second kappa shape index (κ2) is 6.70. The Morgan fingerprint density at radius 2 is 2.24 bits per heavy atom. The Kier molecular flexibility index (Phi) is 4.94. The van der Waals surface area contributed by atoms with Gasteiger partial charge in [-0.05, 0) is 30.0 Å². The van der Waals surface area contributed by atoms with Gasteiger partial charge in [0.05, 0.1) is 0 Å². The molecule has 114 valence electrons. The van der Waals surface area contributed by atoms with E-state index in [9.17, 15) is 9.59 Å². The Hall–Kier alpha value is -1.91. The highest BCUT2D eigenvalue weighted by Crippen LogP contribution is 2.17. The molecule has 0 aromatic carbocycles. The van der Waals surface area contributed by atoms with Crippen molar-refractivity contribution in [2.75, 3.05) is 6.54 Å². The monoisotopic (exact) mass is 289 g/mol. The van der Waals surface area contributed by atoms with Crippen molar-refractivity contribution in [2.24, 2.45) is 5.92 Å². The number of amides is 2. The largest absolute Gasteiger partial charge is 0.344 e. The molecular formula is C16H23N3O2. The van der Waals surface area contributed by atoms with Gasteiger partial charge in [0.15, 0.2) is 0 Å². The summed E-state index contributed by atoms with van der Waals surface area (Å²) in [5, 5.41) is 2.86. The van der Waals surface area contributed by atoms with Crippen LogP contribution in [0, 0.1) is 12.8 Å². The van der Waals surface area contributed by atoms with E-state index in [0.29, 0.717) is 19.5 Å². The minimum Gasteiger partial charge on any atom is -0.344 e. The van der Waals surface area contributed by atoms with E-state index in [2.05, 4.69) is 10.3 Å². The van der Waals surface area contributed by atoms with Crippen molar-refractivity contribution < 1.29 is 9.59 Å². The van der Waals surface area contributed by atoms with Crippen LogP contribution < -0.4 is 5.32 Å². The van der Waals surface area contributed by atoms with Gasteiger partial charge in [-0.3, -0.25) is 14.6 Å². The second-order valence-electron chi connectivity index (χ2n) is 5.74. The van der Waals surface area contributed by atoms with Gasteiger partial charge in [0.2, 0.25) is 11.8 Å². The third-order valence-electron chi connectivity index (χ3n) is 4.22. The average molecular weight is 289 g/mol. The molecule has 0 radical (unpaired) electrons. The van der Waals surface area contributed by atoms with Crippen molar-refractivity contribution in [3.63, 3.8) is 0 Å². The molecule has 0 spiro atoms. The zero-order valence-corrected chi connectivity index (χ0v) is 12.9. The predicted molar refractivity (Wildman–Crippen MR) is 80.4 cm³/mol. The van der Waals surface area contributed by atoms with Crippen molar-refractivity contribution in [3.8, 4) is 0 Å². The smallest absolute Gasteiger partial charge is 0.245 e. The number of pyridine rings is 1. The van der Waals surface area contributed by atoms with Crippen LogP contribution in [0.4, 0.5) is 0 Å². The van der Waals surface area contributed by atoms with Crippen molar-refractivity contribution in [3.05, 3.63) is 29.6 Å². The van der Waals surface area contributed by atoms with Gasteiger partial charge in [-0.1, -0.05) is 20.3 Å². The summed E-state index contributed by atoms with van der Waals surface area (Å²) in [6.45, 7) is 7.02. The van der Waals surface area contributed by atoms with E-state index in [1.54, 1.807) is 17.3 Å². The minimum absolute atomic E-state index is 0.0125. The first-order chi connectivity index (χ1) is 10.0. The molecule has 1 N–H and O–H groups in total. The maximum Gasteiger partial charge on any atom is 0.245 e. The van der Waals surface area contributed by atoms with Crippen molar-refractivity contribution >= 4 is 11.8 Å². The molecule has 1 aliphatic heterocycles. The number of hydrogen-bond donors (Lipinski definition) is 1. The van der Waals surface area contributed by atoms with Crippen LogP contribution in [0.3, 0.4) is 0 Å². The van der Waals surface area contributed by atoms with Gasteiger partial charge in [-0.25, -0.2) is 0 Å². The quantitative estimate of drug-likeness (QED) is 0.917. The lowest BCUT2D eigenvalue weighted by atomic mass is 9.98.